The van der Waals surface area contributed by atoms with Gasteiger partial charge in [0.1, 0.15) is 5.70 Å². The van der Waals surface area contributed by atoms with Gasteiger partial charge in [-0.2, -0.15) is 0 Å². The Morgan fingerprint density at radius 2 is 1.84 bits per heavy atom. The van der Waals surface area contributed by atoms with Crippen LogP contribution < -0.4 is 10.6 Å². The second kappa shape index (κ2) is 8.81. The van der Waals surface area contributed by atoms with Crippen LogP contribution in [0.3, 0.4) is 0 Å². The highest BCUT2D eigenvalue weighted by atomic mass is 16.2. The van der Waals surface area contributed by atoms with Gasteiger partial charge in [0.25, 0.3) is 11.8 Å². The maximum atomic E-state index is 13.0. The molecule has 0 spiro atoms. The van der Waals surface area contributed by atoms with E-state index >= 15 is 0 Å². The van der Waals surface area contributed by atoms with Gasteiger partial charge < -0.3 is 15.5 Å². The van der Waals surface area contributed by atoms with Crippen LogP contribution in [0.15, 0.2) is 42.1 Å². The minimum absolute atomic E-state index is 0.0467. The third-order valence-electron chi connectivity index (χ3n) is 4.90. The molecule has 2 heterocycles. The molecule has 1 aromatic carbocycles. The lowest BCUT2D eigenvalue weighted by atomic mass is 9.98. The molecule has 0 bridgehead atoms. The number of amides is 2. The monoisotopic (exact) mass is 341 g/mol. The molecule has 0 radical (unpaired) electrons. The fourth-order valence-corrected chi connectivity index (χ4v) is 3.47. The van der Waals surface area contributed by atoms with Crippen molar-refractivity contribution in [3.05, 3.63) is 47.7 Å². The predicted octanol–water partition coefficient (Wildman–Crippen LogP) is 2.31. The van der Waals surface area contributed by atoms with Gasteiger partial charge in [-0.25, -0.2) is 0 Å². The topological polar surface area (TPSA) is 61.4 Å². The van der Waals surface area contributed by atoms with E-state index in [1.54, 1.807) is 12.1 Å². The van der Waals surface area contributed by atoms with Crippen LogP contribution in [0.1, 0.15) is 42.5 Å². The van der Waals surface area contributed by atoms with Crippen molar-refractivity contribution in [1.82, 2.24) is 15.5 Å². The molecule has 0 aromatic heterocycles. The zero-order valence-corrected chi connectivity index (χ0v) is 14.7. The van der Waals surface area contributed by atoms with Gasteiger partial charge in [0, 0.05) is 25.2 Å². The smallest absolute Gasteiger partial charge is 0.270 e. The Kier molecular flexibility index (Phi) is 6.23. The molecule has 2 aliphatic rings. The van der Waals surface area contributed by atoms with Crippen molar-refractivity contribution in [3.8, 4) is 0 Å². The Hall–Kier alpha value is -2.14. The average Bonchev–Trinajstić information content (AvgIpc) is 2.69. The van der Waals surface area contributed by atoms with Gasteiger partial charge in [0.2, 0.25) is 0 Å². The third kappa shape index (κ3) is 4.92. The summed E-state index contributed by atoms with van der Waals surface area (Å²) >= 11 is 0. The van der Waals surface area contributed by atoms with Crippen molar-refractivity contribution in [2.45, 2.75) is 32.1 Å². The molecule has 2 amide bonds. The Morgan fingerprint density at radius 1 is 1.08 bits per heavy atom. The van der Waals surface area contributed by atoms with E-state index < -0.39 is 0 Å². The van der Waals surface area contributed by atoms with E-state index in [9.17, 15) is 9.59 Å². The molecule has 3 rings (SSSR count). The van der Waals surface area contributed by atoms with E-state index in [0.29, 0.717) is 11.3 Å². The molecular formula is C20H27N3O2. The summed E-state index contributed by atoms with van der Waals surface area (Å²) in [6, 6.07) is 9.06. The summed E-state index contributed by atoms with van der Waals surface area (Å²) in [4.78, 5) is 27.4. The summed E-state index contributed by atoms with van der Waals surface area (Å²) in [6.07, 6.45) is 7.35. The number of hydrogen-bond acceptors (Lipinski definition) is 3. The molecule has 5 heteroatoms. The second-order valence-electron chi connectivity index (χ2n) is 6.86. The molecule has 1 unspecified atom stereocenters. The third-order valence-corrected chi connectivity index (χ3v) is 4.90. The molecule has 2 aliphatic heterocycles. The lowest BCUT2D eigenvalue weighted by molar-refractivity contribution is -0.128. The van der Waals surface area contributed by atoms with Gasteiger partial charge >= 0.3 is 0 Å². The van der Waals surface area contributed by atoms with Crippen LogP contribution in [0.25, 0.3) is 0 Å². The minimum atomic E-state index is -0.221. The van der Waals surface area contributed by atoms with Crippen LogP contribution in [-0.4, -0.2) is 42.9 Å². The summed E-state index contributed by atoms with van der Waals surface area (Å²) < 4.78 is 0. The van der Waals surface area contributed by atoms with E-state index in [1.165, 1.54) is 6.42 Å². The first-order valence-corrected chi connectivity index (χ1v) is 9.32. The van der Waals surface area contributed by atoms with Gasteiger partial charge in [-0.05, 0) is 56.7 Å². The zero-order valence-electron chi connectivity index (χ0n) is 14.7. The van der Waals surface area contributed by atoms with Crippen molar-refractivity contribution >= 4 is 11.8 Å². The Labute approximate surface area is 149 Å². The number of piperidine rings is 2. The van der Waals surface area contributed by atoms with Crippen LogP contribution in [0.4, 0.5) is 0 Å². The average molecular weight is 341 g/mol. The van der Waals surface area contributed by atoms with Crippen molar-refractivity contribution in [2.75, 3.05) is 26.2 Å². The summed E-state index contributed by atoms with van der Waals surface area (Å²) in [6.45, 7) is 3.44. The SMILES string of the molecule is O=C(N/C(=C\C1CCCNC1)C(=O)N1CCCCC1)c1ccccc1. The Bertz CT molecular complexity index is 615. The van der Waals surface area contributed by atoms with E-state index in [-0.39, 0.29) is 17.7 Å². The number of carbonyl (C=O) groups is 2. The maximum Gasteiger partial charge on any atom is 0.270 e. The minimum Gasteiger partial charge on any atom is -0.337 e. The quantitative estimate of drug-likeness (QED) is 0.826. The lowest BCUT2D eigenvalue weighted by Gasteiger charge is -2.28. The number of nitrogens with one attached hydrogen (secondary N) is 2. The van der Waals surface area contributed by atoms with Gasteiger partial charge in [-0.15, -0.1) is 0 Å². The van der Waals surface area contributed by atoms with E-state index in [4.69, 9.17) is 0 Å². The highest BCUT2D eigenvalue weighted by Crippen LogP contribution is 2.17. The van der Waals surface area contributed by atoms with Crippen molar-refractivity contribution < 1.29 is 9.59 Å². The normalized spacial score (nSPS) is 21.7. The van der Waals surface area contributed by atoms with Crippen LogP contribution >= 0.6 is 0 Å². The van der Waals surface area contributed by atoms with Crippen LogP contribution in [0.5, 0.6) is 0 Å². The Morgan fingerprint density at radius 3 is 2.52 bits per heavy atom. The first-order valence-electron chi connectivity index (χ1n) is 9.32. The fraction of sp³-hybridized carbons (Fsp3) is 0.500. The van der Waals surface area contributed by atoms with E-state index in [2.05, 4.69) is 10.6 Å². The number of benzene rings is 1. The number of hydrogen-bond donors (Lipinski definition) is 2. The molecule has 1 aromatic rings. The summed E-state index contributed by atoms with van der Waals surface area (Å²) in [5.41, 5.74) is 1.01. The zero-order chi connectivity index (χ0) is 17.5. The van der Waals surface area contributed by atoms with Gasteiger partial charge in [-0.1, -0.05) is 24.3 Å². The molecule has 0 aliphatic carbocycles. The molecular weight excluding hydrogens is 314 g/mol. The highest BCUT2D eigenvalue weighted by Gasteiger charge is 2.24. The van der Waals surface area contributed by atoms with Crippen molar-refractivity contribution in [3.63, 3.8) is 0 Å². The fourth-order valence-electron chi connectivity index (χ4n) is 3.47. The molecule has 5 nitrogen and oxygen atoms in total. The van der Waals surface area contributed by atoms with Gasteiger partial charge in [0.05, 0.1) is 0 Å². The predicted molar refractivity (Wildman–Crippen MR) is 98.0 cm³/mol. The molecule has 134 valence electrons. The molecule has 0 saturated carbocycles. The maximum absolute atomic E-state index is 13.0. The van der Waals surface area contributed by atoms with Crippen molar-refractivity contribution in [1.29, 1.82) is 0 Å². The molecule has 25 heavy (non-hydrogen) atoms. The molecule has 2 fully saturated rings. The van der Waals surface area contributed by atoms with E-state index in [1.807, 2.05) is 29.2 Å². The first-order chi connectivity index (χ1) is 12.2. The molecule has 2 N–H and O–H groups in total. The largest absolute Gasteiger partial charge is 0.337 e. The first kappa shape index (κ1) is 17.7. The van der Waals surface area contributed by atoms with Crippen LogP contribution in [0, 0.1) is 5.92 Å². The second-order valence-corrected chi connectivity index (χ2v) is 6.86. The molecule has 1 atom stereocenters. The highest BCUT2D eigenvalue weighted by molar-refractivity contribution is 6.02. The summed E-state index contributed by atoms with van der Waals surface area (Å²) in [7, 11) is 0. The van der Waals surface area contributed by atoms with E-state index in [0.717, 1.165) is 51.9 Å². The summed E-state index contributed by atoms with van der Waals surface area (Å²) in [5, 5.41) is 6.24. The van der Waals surface area contributed by atoms with Crippen LogP contribution in [-0.2, 0) is 4.79 Å². The molecule has 2 saturated heterocycles. The standard InChI is InChI=1S/C20H27N3O2/c24-19(17-9-3-1-4-10-17)22-18(14-16-8-7-11-21-15-16)20(25)23-12-5-2-6-13-23/h1,3-4,9-10,14,16,21H,2,5-8,11-13,15H2,(H,22,24)/b18-14-. The number of carbonyl (C=O) groups excluding carboxylic acids is 2. The Balaban J connectivity index is 1.76. The van der Waals surface area contributed by atoms with Gasteiger partial charge in [-0.3, -0.25) is 9.59 Å². The number of rotatable bonds is 4. The van der Waals surface area contributed by atoms with Crippen LogP contribution in [0.2, 0.25) is 0 Å². The number of nitrogens with zero attached hydrogens (tertiary/aromatic N) is 1. The summed E-state index contributed by atoms with van der Waals surface area (Å²) in [5.74, 6) is 0.0177. The number of likely N-dealkylation sites (tertiary alicyclic amines) is 1. The van der Waals surface area contributed by atoms with Gasteiger partial charge in [0.15, 0.2) is 0 Å². The van der Waals surface area contributed by atoms with Crippen molar-refractivity contribution in [2.24, 2.45) is 5.92 Å². The lowest BCUT2D eigenvalue weighted by Crippen LogP contribution is -2.42.